The van der Waals surface area contributed by atoms with Crippen molar-refractivity contribution in [2.75, 3.05) is 19.0 Å². The van der Waals surface area contributed by atoms with Crippen LogP contribution in [0.2, 0.25) is 0 Å². The van der Waals surface area contributed by atoms with E-state index in [0.29, 0.717) is 12.6 Å². The van der Waals surface area contributed by atoms with Crippen LogP contribution in [0.15, 0.2) is 12.1 Å². The highest BCUT2D eigenvalue weighted by atomic mass is 19.1. The van der Waals surface area contributed by atoms with Gasteiger partial charge in [0.05, 0.1) is 30.6 Å². The van der Waals surface area contributed by atoms with Crippen LogP contribution in [0.1, 0.15) is 30.1 Å². The number of ether oxygens (including phenoxy) is 2. The molecule has 2 atom stereocenters. The second kappa shape index (κ2) is 6.17. The number of nitrogens with one attached hydrogen (secondary N) is 1. The van der Waals surface area contributed by atoms with Gasteiger partial charge in [0.1, 0.15) is 11.6 Å². The first kappa shape index (κ1) is 14.7. The normalized spacial score (nSPS) is 21.8. The number of benzene rings is 1. The van der Waals surface area contributed by atoms with Crippen LogP contribution in [0.4, 0.5) is 14.5 Å². The van der Waals surface area contributed by atoms with Crippen molar-refractivity contribution >= 4 is 11.7 Å². The third-order valence-corrected chi connectivity index (χ3v) is 3.30. The fraction of sp³-hybridized carbons (Fsp3) is 0.500. The van der Waals surface area contributed by atoms with Gasteiger partial charge in [-0.3, -0.25) is 0 Å². The summed E-state index contributed by atoms with van der Waals surface area (Å²) in [5, 5.41) is 2.85. The molecule has 4 nitrogen and oxygen atoms in total. The molecule has 0 amide bonds. The Kier molecular flexibility index (Phi) is 4.54. The number of carbonyl (C=O) groups excluding carboxylic acids is 1. The van der Waals surface area contributed by atoms with Crippen LogP contribution in [0.3, 0.4) is 0 Å². The smallest absolute Gasteiger partial charge is 0.340 e. The zero-order valence-electron chi connectivity index (χ0n) is 11.4. The van der Waals surface area contributed by atoms with Gasteiger partial charge in [-0.15, -0.1) is 0 Å². The molecule has 1 aromatic carbocycles. The first-order valence-corrected chi connectivity index (χ1v) is 6.48. The van der Waals surface area contributed by atoms with Crippen LogP contribution >= 0.6 is 0 Å². The maximum Gasteiger partial charge on any atom is 0.340 e. The van der Waals surface area contributed by atoms with Crippen LogP contribution in [0.25, 0.3) is 0 Å². The first-order valence-electron chi connectivity index (χ1n) is 6.48. The van der Waals surface area contributed by atoms with E-state index >= 15 is 0 Å². The molecule has 0 aromatic heterocycles. The largest absolute Gasteiger partial charge is 0.465 e. The summed E-state index contributed by atoms with van der Waals surface area (Å²) < 4.78 is 37.2. The Hall–Kier alpha value is -1.69. The van der Waals surface area contributed by atoms with Crippen molar-refractivity contribution in [3.05, 3.63) is 29.3 Å². The van der Waals surface area contributed by atoms with E-state index in [1.165, 1.54) is 0 Å². The first-order chi connectivity index (χ1) is 9.51. The van der Waals surface area contributed by atoms with Crippen molar-refractivity contribution in [3.63, 3.8) is 0 Å². The van der Waals surface area contributed by atoms with Gasteiger partial charge in [-0.1, -0.05) is 0 Å². The summed E-state index contributed by atoms with van der Waals surface area (Å²) in [7, 11) is 1.14. The van der Waals surface area contributed by atoms with E-state index in [-0.39, 0.29) is 23.5 Å². The molecule has 2 rings (SSSR count). The highest BCUT2D eigenvalue weighted by molar-refractivity contribution is 5.90. The third-order valence-electron chi connectivity index (χ3n) is 3.30. The maximum absolute atomic E-state index is 13.7. The van der Waals surface area contributed by atoms with E-state index in [1.54, 1.807) is 0 Å². The summed E-state index contributed by atoms with van der Waals surface area (Å²) in [6, 6.07) is 1.79. The standard InChI is InChI=1S/C14H17F2NO3/c1-8-3-4-9(20-8)7-17-13-5-10(14(18)19-2)11(15)6-12(13)16/h5-6,8-9,17H,3-4,7H2,1-2H3. The molecule has 0 bridgehead atoms. The van der Waals surface area contributed by atoms with Crippen molar-refractivity contribution in [2.45, 2.75) is 32.0 Å². The Morgan fingerprint density at radius 3 is 2.75 bits per heavy atom. The highest BCUT2D eigenvalue weighted by Gasteiger charge is 2.22. The van der Waals surface area contributed by atoms with E-state index in [1.807, 2.05) is 6.92 Å². The summed E-state index contributed by atoms with van der Waals surface area (Å²) in [6.07, 6.45) is 2.05. The number of hydrogen-bond acceptors (Lipinski definition) is 4. The van der Waals surface area contributed by atoms with Gasteiger partial charge in [-0.25, -0.2) is 13.6 Å². The van der Waals surface area contributed by atoms with Gasteiger partial charge in [-0.2, -0.15) is 0 Å². The molecule has 0 radical (unpaired) electrons. The van der Waals surface area contributed by atoms with Gasteiger partial charge >= 0.3 is 5.97 Å². The Morgan fingerprint density at radius 2 is 2.15 bits per heavy atom. The molecule has 0 aliphatic carbocycles. The second-order valence-corrected chi connectivity index (χ2v) is 4.83. The zero-order chi connectivity index (χ0) is 14.7. The molecule has 1 fully saturated rings. The summed E-state index contributed by atoms with van der Waals surface area (Å²) in [4.78, 5) is 11.4. The summed E-state index contributed by atoms with van der Waals surface area (Å²) in [5.74, 6) is -2.52. The van der Waals surface area contributed by atoms with Gasteiger partial charge in [0.15, 0.2) is 0 Å². The van der Waals surface area contributed by atoms with Gasteiger partial charge in [0, 0.05) is 12.6 Å². The minimum absolute atomic E-state index is 0.00368. The number of esters is 1. The Bertz CT molecular complexity index is 507. The van der Waals surface area contributed by atoms with E-state index in [4.69, 9.17) is 4.74 Å². The lowest BCUT2D eigenvalue weighted by Crippen LogP contribution is -2.20. The zero-order valence-corrected chi connectivity index (χ0v) is 11.4. The van der Waals surface area contributed by atoms with Crippen molar-refractivity contribution in [1.82, 2.24) is 0 Å². The topological polar surface area (TPSA) is 47.6 Å². The predicted octanol–water partition coefficient (Wildman–Crippen LogP) is 2.73. The second-order valence-electron chi connectivity index (χ2n) is 4.83. The molecule has 1 saturated heterocycles. The molecule has 0 saturated carbocycles. The lowest BCUT2D eigenvalue weighted by Gasteiger charge is -2.14. The molecule has 1 N–H and O–H groups in total. The van der Waals surface area contributed by atoms with Crippen LogP contribution in [-0.2, 0) is 9.47 Å². The molecule has 1 aliphatic rings. The van der Waals surface area contributed by atoms with Gasteiger partial charge in [0.25, 0.3) is 0 Å². The average molecular weight is 285 g/mol. The Morgan fingerprint density at radius 1 is 1.40 bits per heavy atom. The molecule has 20 heavy (non-hydrogen) atoms. The molecule has 2 unspecified atom stereocenters. The van der Waals surface area contributed by atoms with Crippen LogP contribution in [0.5, 0.6) is 0 Å². The number of hydrogen-bond donors (Lipinski definition) is 1. The Labute approximate surface area is 116 Å². The van der Waals surface area contributed by atoms with Crippen molar-refractivity contribution in [2.24, 2.45) is 0 Å². The number of anilines is 1. The van der Waals surface area contributed by atoms with Crippen molar-refractivity contribution in [1.29, 1.82) is 0 Å². The SMILES string of the molecule is COC(=O)c1cc(NCC2CCC(C)O2)c(F)cc1F. The number of carbonyl (C=O) groups is 1. The van der Waals surface area contributed by atoms with Crippen molar-refractivity contribution in [3.8, 4) is 0 Å². The van der Waals surface area contributed by atoms with E-state index in [0.717, 1.165) is 26.0 Å². The number of rotatable bonds is 4. The minimum Gasteiger partial charge on any atom is -0.465 e. The molecule has 1 aromatic rings. The molecule has 110 valence electrons. The third kappa shape index (κ3) is 3.25. The number of methoxy groups -OCH3 is 1. The molecular weight excluding hydrogens is 268 g/mol. The summed E-state index contributed by atoms with van der Waals surface area (Å²) >= 11 is 0. The predicted molar refractivity (Wildman–Crippen MR) is 69.8 cm³/mol. The van der Waals surface area contributed by atoms with Gasteiger partial charge in [-0.05, 0) is 25.8 Å². The quantitative estimate of drug-likeness (QED) is 0.864. The van der Waals surface area contributed by atoms with Gasteiger partial charge in [0.2, 0.25) is 0 Å². The van der Waals surface area contributed by atoms with Gasteiger partial charge < -0.3 is 14.8 Å². The minimum atomic E-state index is -0.939. The lowest BCUT2D eigenvalue weighted by atomic mass is 10.1. The highest BCUT2D eigenvalue weighted by Crippen LogP contribution is 2.23. The van der Waals surface area contributed by atoms with Crippen molar-refractivity contribution < 1.29 is 23.0 Å². The van der Waals surface area contributed by atoms with Crippen LogP contribution in [-0.4, -0.2) is 31.8 Å². The fourth-order valence-electron chi connectivity index (χ4n) is 2.21. The monoisotopic (exact) mass is 285 g/mol. The van der Waals surface area contributed by atoms with Crippen LogP contribution < -0.4 is 5.32 Å². The molecule has 1 heterocycles. The lowest BCUT2D eigenvalue weighted by molar-refractivity contribution is 0.0595. The molecule has 6 heteroatoms. The Balaban J connectivity index is 2.09. The van der Waals surface area contributed by atoms with E-state index < -0.39 is 17.6 Å². The van der Waals surface area contributed by atoms with Crippen LogP contribution in [0, 0.1) is 11.6 Å². The molecule has 1 aliphatic heterocycles. The fourth-order valence-corrected chi connectivity index (χ4v) is 2.21. The maximum atomic E-state index is 13.7. The van der Waals surface area contributed by atoms with E-state index in [9.17, 15) is 13.6 Å². The molecule has 0 spiro atoms. The summed E-state index contributed by atoms with van der Waals surface area (Å²) in [6.45, 7) is 2.39. The van der Waals surface area contributed by atoms with E-state index in [2.05, 4.69) is 10.1 Å². The summed E-state index contributed by atoms with van der Waals surface area (Å²) in [5.41, 5.74) is -0.230. The number of halogens is 2. The average Bonchev–Trinajstić information content (AvgIpc) is 2.83. The molecular formula is C14H17F2NO3.